The molecule has 0 aromatic heterocycles. The SMILES string of the molecule is CCOC(=O)CNCc1ccc(C(=O)OC)cc1. The quantitative estimate of drug-likeness (QED) is 0.768. The van der Waals surface area contributed by atoms with Crippen molar-refractivity contribution < 1.29 is 19.1 Å². The second-order valence-electron chi connectivity index (χ2n) is 3.60. The molecule has 18 heavy (non-hydrogen) atoms. The second-order valence-corrected chi connectivity index (χ2v) is 3.60. The Labute approximate surface area is 106 Å². The third-order valence-electron chi connectivity index (χ3n) is 2.28. The van der Waals surface area contributed by atoms with Gasteiger partial charge in [0.05, 0.1) is 25.8 Å². The van der Waals surface area contributed by atoms with Crippen molar-refractivity contribution in [3.63, 3.8) is 0 Å². The number of rotatable bonds is 6. The molecule has 0 fully saturated rings. The van der Waals surface area contributed by atoms with Gasteiger partial charge in [-0.15, -0.1) is 0 Å². The number of esters is 2. The van der Waals surface area contributed by atoms with E-state index >= 15 is 0 Å². The zero-order valence-electron chi connectivity index (χ0n) is 10.6. The summed E-state index contributed by atoms with van der Waals surface area (Å²) in [6.07, 6.45) is 0. The lowest BCUT2D eigenvalue weighted by Crippen LogP contribution is -2.24. The van der Waals surface area contributed by atoms with Crippen LogP contribution >= 0.6 is 0 Å². The molecule has 5 nitrogen and oxygen atoms in total. The van der Waals surface area contributed by atoms with Crippen LogP contribution in [0.1, 0.15) is 22.8 Å². The molecule has 98 valence electrons. The fourth-order valence-corrected chi connectivity index (χ4v) is 1.40. The van der Waals surface area contributed by atoms with Crippen LogP contribution < -0.4 is 5.32 Å². The van der Waals surface area contributed by atoms with Crippen LogP contribution in [-0.2, 0) is 20.8 Å². The Morgan fingerprint density at radius 2 is 1.89 bits per heavy atom. The maximum absolute atomic E-state index is 11.2. The topological polar surface area (TPSA) is 64.6 Å². The van der Waals surface area contributed by atoms with Crippen LogP contribution in [0.5, 0.6) is 0 Å². The first-order valence-corrected chi connectivity index (χ1v) is 5.71. The predicted octanol–water partition coefficient (Wildman–Crippen LogP) is 1.13. The number of carbonyl (C=O) groups is 2. The number of hydrogen-bond donors (Lipinski definition) is 1. The highest BCUT2D eigenvalue weighted by molar-refractivity contribution is 5.89. The zero-order chi connectivity index (χ0) is 13.4. The molecule has 1 aromatic rings. The van der Waals surface area contributed by atoms with Gasteiger partial charge in [0.2, 0.25) is 0 Å². The molecule has 0 unspecified atom stereocenters. The Balaban J connectivity index is 2.40. The molecule has 0 aliphatic rings. The first-order chi connectivity index (χ1) is 8.67. The molecule has 5 heteroatoms. The van der Waals surface area contributed by atoms with Crippen molar-refractivity contribution in [2.45, 2.75) is 13.5 Å². The molecule has 0 aliphatic heterocycles. The third kappa shape index (κ3) is 4.55. The maximum atomic E-state index is 11.2. The van der Waals surface area contributed by atoms with E-state index in [-0.39, 0.29) is 18.5 Å². The minimum absolute atomic E-state index is 0.173. The average Bonchev–Trinajstić information content (AvgIpc) is 2.39. The summed E-state index contributed by atoms with van der Waals surface area (Å²) < 4.78 is 9.38. The van der Waals surface area contributed by atoms with Crippen molar-refractivity contribution in [2.75, 3.05) is 20.3 Å². The van der Waals surface area contributed by atoms with Gasteiger partial charge in [0, 0.05) is 6.54 Å². The molecule has 1 aromatic carbocycles. The fraction of sp³-hybridized carbons (Fsp3) is 0.385. The lowest BCUT2D eigenvalue weighted by atomic mass is 10.1. The number of benzene rings is 1. The Hall–Kier alpha value is -1.88. The summed E-state index contributed by atoms with van der Waals surface area (Å²) in [6, 6.07) is 7.00. The first-order valence-electron chi connectivity index (χ1n) is 5.71. The molecule has 1 N–H and O–H groups in total. The van der Waals surface area contributed by atoms with Gasteiger partial charge < -0.3 is 14.8 Å². The Morgan fingerprint density at radius 1 is 1.22 bits per heavy atom. The van der Waals surface area contributed by atoms with Crippen LogP contribution in [0.2, 0.25) is 0 Å². The Kier molecular flexibility index (Phi) is 5.87. The fourth-order valence-electron chi connectivity index (χ4n) is 1.40. The van der Waals surface area contributed by atoms with Crippen molar-refractivity contribution in [2.24, 2.45) is 0 Å². The van der Waals surface area contributed by atoms with E-state index in [1.807, 2.05) is 12.1 Å². The normalized spacial score (nSPS) is 9.89. The summed E-state index contributed by atoms with van der Waals surface area (Å²) in [5.74, 6) is -0.635. The molecular formula is C13H17NO4. The smallest absolute Gasteiger partial charge is 0.337 e. The number of carbonyl (C=O) groups excluding carboxylic acids is 2. The number of ether oxygens (including phenoxy) is 2. The van der Waals surface area contributed by atoms with E-state index in [9.17, 15) is 9.59 Å². The summed E-state index contributed by atoms with van der Waals surface area (Å²) in [4.78, 5) is 22.3. The maximum Gasteiger partial charge on any atom is 0.337 e. The van der Waals surface area contributed by atoms with Crippen LogP contribution in [0.15, 0.2) is 24.3 Å². The van der Waals surface area contributed by atoms with Gasteiger partial charge in [-0.25, -0.2) is 4.79 Å². The zero-order valence-corrected chi connectivity index (χ0v) is 10.6. The summed E-state index contributed by atoms with van der Waals surface area (Å²) in [6.45, 7) is 2.87. The van der Waals surface area contributed by atoms with Gasteiger partial charge in [0.15, 0.2) is 0 Å². The molecule has 0 radical (unpaired) electrons. The van der Waals surface area contributed by atoms with Crippen molar-refractivity contribution in [1.29, 1.82) is 0 Å². The Bertz CT molecular complexity index is 400. The molecule has 1 rings (SSSR count). The lowest BCUT2D eigenvalue weighted by Gasteiger charge is -2.05. The van der Waals surface area contributed by atoms with Crippen LogP contribution in [0, 0.1) is 0 Å². The molecule has 0 saturated carbocycles. The van der Waals surface area contributed by atoms with E-state index in [0.717, 1.165) is 5.56 Å². The van der Waals surface area contributed by atoms with E-state index in [0.29, 0.717) is 18.7 Å². The minimum Gasteiger partial charge on any atom is -0.465 e. The summed E-state index contributed by atoms with van der Waals surface area (Å²) >= 11 is 0. The van der Waals surface area contributed by atoms with Gasteiger partial charge in [-0.2, -0.15) is 0 Å². The van der Waals surface area contributed by atoms with Crippen molar-refractivity contribution in [1.82, 2.24) is 5.32 Å². The number of methoxy groups -OCH3 is 1. The summed E-state index contributed by atoms with van der Waals surface area (Å²) in [5.41, 5.74) is 1.48. The van der Waals surface area contributed by atoms with Gasteiger partial charge >= 0.3 is 11.9 Å². The van der Waals surface area contributed by atoms with E-state index in [2.05, 4.69) is 10.1 Å². The van der Waals surface area contributed by atoms with Gasteiger partial charge in [0.25, 0.3) is 0 Å². The molecular weight excluding hydrogens is 234 g/mol. The van der Waals surface area contributed by atoms with Gasteiger partial charge in [0.1, 0.15) is 0 Å². The highest BCUT2D eigenvalue weighted by atomic mass is 16.5. The highest BCUT2D eigenvalue weighted by Crippen LogP contribution is 2.05. The summed E-state index contributed by atoms with van der Waals surface area (Å²) in [7, 11) is 1.34. The average molecular weight is 251 g/mol. The van der Waals surface area contributed by atoms with E-state index in [1.54, 1.807) is 19.1 Å². The van der Waals surface area contributed by atoms with Crippen molar-refractivity contribution in [3.8, 4) is 0 Å². The Morgan fingerprint density at radius 3 is 2.44 bits per heavy atom. The predicted molar refractivity (Wildman–Crippen MR) is 66.1 cm³/mol. The molecule has 0 amide bonds. The van der Waals surface area contributed by atoms with Gasteiger partial charge in [-0.1, -0.05) is 12.1 Å². The first kappa shape index (κ1) is 14.2. The largest absolute Gasteiger partial charge is 0.465 e. The van der Waals surface area contributed by atoms with Crippen molar-refractivity contribution >= 4 is 11.9 Å². The molecule has 0 atom stereocenters. The molecule has 0 bridgehead atoms. The molecule has 0 spiro atoms. The van der Waals surface area contributed by atoms with Crippen LogP contribution in [0.25, 0.3) is 0 Å². The van der Waals surface area contributed by atoms with Crippen LogP contribution in [0.4, 0.5) is 0 Å². The van der Waals surface area contributed by atoms with Crippen LogP contribution in [0.3, 0.4) is 0 Å². The summed E-state index contributed by atoms with van der Waals surface area (Å²) in [5, 5.41) is 2.96. The minimum atomic E-state index is -0.360. The van der Waals surface area contributed by atoms with E-state index in [4.69, 9.17) is 4.74 Å². The van der Waals surface area contributed by atoms with Gasteiger partial charge in [-0.3, -0.25) is 4.79 Å². The van der Waals surface area contributed by atoms with Crippen molar-refractivity contribution in [3.05, 3.63) is 35.4 Å². The van der Waals surface area contributed by atoms with Gasteiger partial charge in [-0.05, 0) is 24.6 Å². The van der Waals surface area contributed by atoms with E-state index in [1.165, 1.54) is 7.11 Å². The lowest BCUT2D eigenvalue weighted by molar-refractivity contribution is -0.142. The molecule has 0 heterocycles. The number of nitrogens with one attached hydrogen (secondary N) is 1. The highest BCUT2D eigenvalue weighted by Gasteiger charge is 2.04. The third-order valence-corrected chi connectivity index (χ3v) is 2.28. The number of hydrogen-bond acceptors (Lipinski definition) is 5. The van der Waals surface area contributed by atoms with Crippen LogP contribution in [-0.4, -0.2) is 32.2 Å². The standard InChI is InChI=1S/C13H17NO4/c1-3-18-12(15)9-14-8-10-4-6-11(7-5-10)13(16)17-2/h4-7,14H,3,8-9H2,1-2H3. The molecule has 0 aliphatic carbocycles. The molecule has 0 saturated heterocycles. The van der Waals surface area contributed by atoms with E-state index < -0.39 is 0 Å². The monoisotopic (exact) mass is 251 g/mol. The second kappa shape index (κ2) is 7.45.